The smallest absolute Gasteiger partial charge is 0.339 e. The number of nitrogens with zero attached hydrogens (tertiary/aromatic N) is 3. The molecular weight excluding hydrogens is 408 g/mol. The minimum absolute atomic E-state index is 0.0733. The second-order valence-electron chi connectivity index (χ2n) is 7.40. The Bertz CT molecular complexity index is 1170. The SMILES string of the molecule is COc1cc(Nc2nccc(-c3ccccc3C3CCOCC3C#N)n2)ccc1C(=O)O. The van der Waals surface area contributed by atoms with Crippen LogP contribution in [0.4, 0.5) is 11.6 Å². The third kappa shape index (κ3) is 4.38. The fraction of sp³-hybridized carbons (Fsp3) is 0.250. The number of aromatic carboxylic acids is 1. The van der Waals surface area contributed by atoms with E-state index in [1.807, 2.05) is 30.3 Å². The number of hydrogen-bond acceptors (Lipinski definition) is 7. The van der Waals surface area contributed by atoms with Crippen LogP contribution in [0.5, 0.6) is 5.75 Å². The average Bonchev–Trinajstić information content (AvgIpc) is 2.84. The van der Waals surface area contributed by atoms with E-state index in [0.29, 0.717) is 24.8 Å². The maximum absolute atomic E-state index is 11.3. The zero-order valence-corrected chi connectivity index (χ0v) is 17.5. The second kappa shape index (κ2) is 9.45. The highest BCUT2D eigenvalue weighted by Crippen LogP contribution is 2.37. The molecule has 1 aliphatic rings. The number of hydrogen-bond donors (Lipinski definition) is 2. The van der Waals surface area contributed by atoms with E-state index in [1.54, 1.807) is 18.3 Å². The van der Waals surface area contributed by atoms with Gasteiger partial charge < -0.3 is 19.9 Å². The summed E-state index contributed by atoms with van der Waals surface area (Å²) in [7, 11) is 1.42. The predicted molar refractivity (Wildman–Crippen MR) is 118 cm³/mol. The Labute approximate surface area is 185 Å². The lowest BCUT2D eigenvalue weighted by Crippen LogP contribution is -2.25. The van der Waals surface area contributed by atoms with E-state index in [9.17, 15) is 15.2 Å². The lowest BCUT2D eigenvalue weighted by molar-refractivity contribution is 0.0600. The largest absolute Gasteiger partial charge is 0.496 e. The topological polar surface area (TPSA) is 117 Å². The van der Waals surface area contributed by atoms with Crippen molar-refractivity contribution in [1.82, 2.24) is 9.97 Å². The van der Waals surface area contributed by atoms with Gasteiger partial charge in [-0.25, -0.2) is 14.8 Å². The lowest BCUT2D eigenvalue weighted by Gasteiger charge is -2.28. The summed E-state index contributed by atoms with van der Waals surface area (Å²) < 4.78 is 10.7. The van der Waals surface area contributed by atoms with Crippen molar-refractivity contribution in [3.05, 3.63) is 65.9 Å². The van der Waals surface area contributed by atoms with Crippen molar-refractivity contribution >= 4 is 17.6 Å². The van der Waals surface area contributed by atoms with E-state index in [1.165, 1.54) is 13.2 Å². The molecule has 0 aliphatic carbocycles. The molecule has 2 unspecified atom stereocenters. The van der Waals surface area contributed by atoms with Gasteiger partial charge in [0.1, 0.15) is 11.3 Å². The molecule has 8 heteroatoms. The van der Waals surface area contributed by atoms with Gasteiger partial charge in [0.2, 0.25) is 5.95 Å². The first-order valence-electron chi connectivity index (χ1n) is 10.2. The first kappa shape index (κ1) is 21.3. The van der Waals surface area contributed by atoms with Crippen LogP contribution in [0.2, 0.25) is 0 Å². The maximum Gasteiger partial charge on any atom is 0.339 e. The van der Waals surface area contributed by atoms with Crippen LogP contribution in [0, 0.1) is 17.2 Å². The van der Waals surface area contributed by atoms with Crippen molar-refractivity contribution in [3.8, 4) is 23.1 Å². The number of methoxy groups -OCH3 is 1. The van der Waals surface area contributed by atoms with Crippen LogP contribution in [0.15, 0.2) is 54.7 Å². The average molecular weight is 430 g/mol. The van der Waals surface area contributed by atoms with Crippen LogP contribution in [0.1, 0.15) is 28.3 Å². The van der Waals surface area contributed by atoms with Gasteiger partial charge >= 0.3 is 5.97 Å². The first-order chi connectivity index (χ1) is 15.6. The van der Waals surface area contributed by atoms with Gasteiger partial charge in [0.25, 0.3) is 0 Å². The van der Waals surface area contributed by atoms with E-state index in [2.05, 4.69) is 21.4 Å². The Morgan fingerprint density at radius 1 is 1.28 bits per heavy atom. The van der Waals surface area contributed by atoms with Crippen molar-refractivity contribution in [2.45, 2.75) is 12.3 Å². The molecule has 0 amide bonds. The van der Waals surface area contributed by atoms with Gasteiger partial charge in [-0.2, -0.15) is 5.26 Å². The number of carboxylic acid groups (broad SMARTS) is 1. The highest BCUT2D eigenvalue weighted by Gasteiger charge is 2.29. The molecule has 1 fully saturated rings. The van der Waals surface area contributed by atoms with Gasteiger partial charge in [0.05, 0.1) is 31.4 Å². The van der Waals surface area contributed by atoms with E-state index in [0.717, 1.165) is 23.2 Å². The van der Waals surface area contributed by atoms with Crippen LogP contribution in [0.25, 0.3) is 11.3 Å². The van der Waals surface area contributed by atoms with Gasteiger partial charge in [0.15, 0.2) is 0 Å². The molecule has 3 aromatic rings. The lowest BCUT2D eigenvalue weighted by atomic mass is 9.81. The molecule has 0 radical (unpaired) electrons. The number of benzene rings is 2. The fourth-order valence-corrected chi connectivity index (χ4v) is 3.93. The number of carboxylic acids is 1. The van der Waals surface area contributed by atoms with Crippen molar-refractivity contribution in [3.63, 3.8) is 0 Å². The molecule has 4 rings (SSSR count). The number of nitrogens with one attached hydrogen (secondary N) is 1. The monoisotopic (exact) mass is 430 g/mol. The number of carbonyl (C=O) groups is 1. The summed E-state index contributed by atoms with van der Waals surface area (Å²) in [6, 6.07) is 16.9. The highest BCUT2D eigenvalue weighted by atomic mass is 16.5. The minimum atomic E-state index is -1.06. The summed E-state index contributed by atoms with van der Waals surface area (Å²) in [5.74, 6) is -0.585. The minimum Gasteiger partial charge on any atom is -0.496 e. The summed E-state index contributed by atoms with van der Waals surface area (Å²) in [6.07, 6.45) is 2.44. The van der Waals surface area contributed by atoms with Gasteiger partial charge in [-0.3, -0.25) is 0 Å². The first-order valence-corrected chi connectivity index (χ1v) is 10.2. The number of aromatic nitrogens is 2. The molecule has 8 nitrogen and oxygen atoms in total. The van der Waals surface area contributed by atoms with Gasteiger partial charge in [-0.15, -0.1) is 0 Å². The standard InChI is InChI=1S/C24H22N4O4/c1-31-22-12-16(6-7-20(22)23(29)30)27-24-26-10-8-21(28-24)19-5-3-2-4-18(19)17-9-11-32-14-15(17)13-25/h2-8,10,12,15,17H,9,11,14H2,1H3,(H,29,30)(H,26,27,28). The molecule has 2 aromatic carbocycles. The van der Waals surface area contributed by atoms with Crippen molar-refractivity contribution in [2.24, 2.45) is 5.92 Å². The fourth-order valence-electron chi connectivity index (χ4n) is 3.93. The quantitative estimate of drug-likeness (QED) is 0.596. The summed E-state index contributed by atoms with van der Waals surface area (Å²) in [5, 5.41) is 21.9. The molecule has 0 bridgehead atoms. The summed E-state index contributed by atoms with van der Waals surface area (Å²) in [4.78, 5) is 20.3. The molecule has 1 saturated heterocycles. The van der Waals surface area contributed by atoms with E-state index in [4.69, 9.17) is 9.47 Å². The van der Waals surface area contributed by atoms with E-state index in [-0.39, 0.29) is 23.1 Å². The molecule has 1 aliphatic heterocycles. The molecule has 1 aromatic heterocycles. The van der Waals surface area contributed by atoms with Crippen molar-refractivity contribution in [2.75, 3.05) is 25.6 Å². The van der Waals surface area contributed by atoms with Gasteiger partial charge in [0, 0.05) is 36.0 Å². The van der Waals surface area contributed by atoms with E-state index >= 15 is 0 Å². The Morgan fingerprint density at radius 3 is 2.91 bits per heavy atom. The van der Waals surface area contributed by atoms with Crippen LogP contribution >= 0.6 is 0 Å². The zero-order valence-electron chi connectivity index (χ0n) is 17.5. The molecule has 0 saturated carbocycles. The number of anilines is 2. The van der Waals surface area contributed by atoms with Crippen LogP contribution in [-0.4, -0.2) is 41.4 Å². The summed E-state index contributed by atoms with van der Waals surface area (Å²) >= 11 is 0. The Kier molecular flexibility index (Phi) is 6.29. The maximum atomic E-state index is 11.3. The second-order valence-corrected chi connectivity index (χ2v) is 7.40. The molecular formula is C24H22N4O4. The summed E-state index contributed by atoms with van der Waals surface area (Å²) in [5.41, 5.74) is 3.43. The Morgan fingerprint density at radius 2 is 2.12 bits per heavy atom. The zero-order chi connectivity index (χ0) is 22.5. The predicted octanol–water partition coefficient (Wildman–Crippen LogP) is 4.24. The molecule has 0 spiro atoms. The third-order valence-corrected chi connectivity index (χ3v) is 5.50. The van der Waals surface area contributed by atoms with Crippen molar-refractivity contribution < 1.29 is 19.4 Å². The number of rotatable bonds is 6. The number of nitriles is 1. The van der Waals surface area contributed by atoms with Gasteiger partial charge in [-0.05, 0) is 30.2 Å². The summed E-state index contributed by atoms with van der Waals surface area (Å²) in [6.45, 7) is 1.06. The molecule has 2 atom stereocenters. The van der Waals surface area contributed by atoms with Crippen LogP contribution in [-0.2, 0) is 4.74 Å². The normalized spacial score (nSPS) is 17.9. The highest BCUT2D eigenvalue weighted by molar-refractivity contribution is 5.91. The van der Waals surface area contributed by atoms with Crippen molar-refractivity contribution in [1.29, 1.82) is 5.26 Å². The molecule has 2 heterocycles. The third-order valence-electron chi connectivity index (χ3n) is 5.50. The van der Waals surface area contributed by atoms with Crippen LogP contribution in [0.3, 0.4) is 0 Å². The molecule has 32 heavy (non-hydrogen) atoms. The Balaban J connectivity index is 1.65. The molecule has 162 valence electrons. The molecule has 2 N–H and O–H groups in total. The number of ether oxygens (including phenoxy) is 2. The van der Waals surface area contributed by atoms with E-state index < -0.39 is 5.97 Å². The Hall–Kier alpha value is -3.96. The van der Waals surface area contributed by atoms with Crippen LogP contribution < -0.4 is 10.1 Å². The van der Waals surface area contributed by atoms with Gasteiger partial charge in [-0.1, -0.05) is 24.3 Å².